The van der Waals surface area contributed by atoms with Crippen LogP contribution in [-0.2, 0) is 11.8 Å². The van der Waals surface area contributed by atoms with Gasteiger partial charge in [0.1, 0.15) is 16.8 Å². The molecule has 2 atom stereocenters. The van der Waals surface area contributed by atoms with Crippen LogP contribution in [0.1, 0.15) is 36.5 Å². The Morgan fingerprint density at radius 1 is 1.33 bits per heavy atom. The molecule has 2 amide bonds. The molecule has 0 spiro atoms. The van der Waals surface area contributed by atoms with Gasteiger partial charge in [-0.2, -0.15) is 15.5 Å². The van der Waals surface area contributed by atoms with Crippen LogP contribution in [0.3, 0.4) is 0 Å². The van der Waals surface area contributed by atoms with E-state index in [4.69, 9.17) is 5.73 Å². The standard InChI is InChI=1S/C22H25N9O2/c1-3-13-9-30(21(33)22(12-23)5-6-22)10-16(13)26-18-14(19(24)32)8-25-31-11-17(27-20(18)31)15-4-7-29(2)28-15/h4,7-8,11,13,16,26H,3,5-6,9-10H2,1-2H3,(H2,24,32)/t13-,16-/m1/s1. The first-order chi connectivity index (χ1) is 15.8. The third-order valence-electron chi connectivity index (χ3n) is 6.69. The van der Waals surface area contributed by atoms with E-state index in [9.17, 15) is 14.9 Å². The number of primary amides is 1. The fraction of sp³-hybridized carbons (Fsp3) is 0.455. The van der Waals surface area contributed by atoms with E-state index in [0.29, 0.717) is 48.7 Å². The van der Waals surface area contributed by atoms with Crippen LogP contribution in [0.5, 0.6) is 0 Å². The first kappa shape index (κ1) is 20.9. The van der Waals surface area contributed by atoms with Crippen LogP contribution in [0, 0.1) is 22.7 Å². The molecule has 0 radical (unpaired) electrons. The van der Waals surface area contributed by atoms with Crippen molar-refractivity contribution in [1.82, 2.24) is 29.3 Å². The highest BCUT2D eigenvalue weighted by molar-refractivity contribution is 6.01. The molecule has 1 saturated carbocycles. The second-order valence-electron chi connectivity index (χ2n) is 8.89. The van der Waals surface area contributed by atoms with Crippen molar-refractivity contribution in [3.8, 4) is 17.5 Å². The summed E-state index contributed by atoms with van der Waals surface area (Å²) in [7, 11) is 1.83. The molecule has 1 aliphatic heterocycles. The van der Waals surface area contributed by atoms with Crippen molar-refractivity contribution in [2.75, 3.05) is 18.4 Å². The minimum atomic E-state index is -0.851. The Labute approximate surface area is 190 Å². The van der Waals surface area contributed by atoms with Gasteiger partial charge in [-0.25, -0.2) is 9.50 Å². The van der Waals surface area contributed by atoms with Gasteiger partial charge >= 0.3 is 0 Å². The molecule has 0 aromatic carbocycles. The average Bonchev–Trinajstić information content (AvgIpc) is 3.11. The van der Waals surface area contributed by atoms with Gasteiger partial charge < -0.3 is 16.0 Å². The first-order valence-electron chi connectivity index (χ1n) is 11.0. The lowest BCUT2D eigenvalue weighted by Crippen LogP contribution is -2.36. The predicted molar refractivity (Wildman–Crippen MR) is 119 cm³/mol. The van der Waals surface area contributed by atoms with E-state index < -0.39 is 11.3 Å². The molecule has 1 saturated heterocycles. The van der Waals surface area contributed by atoms with E-state index in [1.54, 1.807) is 20.3 Å². The van der Waals surface area contributed by atoms with E-state index in [-0.39, 0.29) is 23.4 Å². The monoisotopic (exact) mass is 447 g/mol. The number of carbonyl (C=O) groups excluding carboxylic acids is 2. The molecule has 33 heavy (non-hydrogen) atoms. The Kier molecular flexibility index (Phi) is 4.81. The summed E-state index contributed by atoms with van der Waals surface area (Å²) in [4.78, 5) is 31.6. The topological polar surface area (TPSA) is 147 Å². The van der Waals surface area contributed by atoms with Gasteiger partial charge in [0.2, 0.25) is 5.91 Å². The Bertz CT molecular complexity index is 1300. The normalized spacial score (nSPS) is 21.2. The molecule has 0 bridgehead atoms. The van der Waals surface area contributed by atoms with Gasteiger partial charge in [-0.15, -0.1) is 0 Å². The predicted octanol–water partition coefficient (Wildman–Crippen LogP) is 1.18. The minimum Gasteiger partial charge on any atom is -0.376 e. The summed E-state index contributed by atoms with van der Waals surface area (Å²) < 4.78 is 3.27. The molecule has 0 unspecified atom stereocenters. The minimum absolute atomic E-state index is 0.0963. The summed E-state index contributed by atoms with van der Waals surface area (Å²) in [5.41, 5.74) is 7.29. The zero-order valence-corrected chi connectivity index (χ0v) is 18.5. The van der Waals surface area contributed by atoms with Crippen molar-refractivity contribution >= 4 is 23.1 Å². The lowest BCUT2D eigenvalue weighted by molar-refractivity contribution is -0.134. The zero-order valence-electron chi connectivity index (χ0n) is 18.5. The number of nitrogens with zero attached hydrogens (tertiary/aromatic N) is 7. The van der Waals surface area contributed by atoms with E-state index in [1.165, 1.54) is 6.20 Å². The lowest BCUT2D eigenvalue weighted by Gasteiger charge is -2.21. The van der Waals surface area contributed by atoms with Gasteiger partial charge in [0, 0.05) is 32.4 Å². The summed E-state index contributed by atoms with van der Waals surface area (Å²) in [5.74, 6) is -0.557. The maximum Gasteiger partial charge on any atom is 0.252 e. The Morgan fingerprint density at radius 3 is 2.73 bits per heavy atom. The number of fused-ring (bicyclic) bond motifs is 1. The molecule has 3 N–H and O–H groups in total. The number of anilines is 1. The summed E-state index contributed by atoms with van der Waals surface area (Å²) in [5, 5.41) is 21.6. The summed E-state index contributed by atoms with van der Waals surface area (Å²) in [6, 6.07) is 3.92. The van der Waals surface area contributed by atoms with E-state index in [0.717, 1.165) is 6.42 Å². The second-order valence-corrected chi connectivity index (χ2v) is 8.89. The quantitative estimate of drug-likeness (QED) is 0.576. The van der Waals surface area contributed by atoms with Crippen LogP contribution in [0.2, 0.25) is 0 Å². The van der Waals surface area contributed by atoms with Crippen LogP contribution in [0.15, 0.2) is 24.7 Å². The summed E-state index contributed by atoms with van der Waals surface area (Å²) in [6.45, 7) is 3.08. The number of hydrogen-bond donors (Lipinski definition) is 2. The number of hydrogen-bond acceptors (Lipinski definition) is 7. The van der Waals surface area contributed by atoms with Crippen molar-refractivity contribution in [1.29, 1.82) is 5.26 Å². The van der Waals surface area contributed by atoms with Gasteiger partial charge in [0.15, 0.2) is 5.65 Å². The molecule has 1 aliphatic carbocycles. The number of amides is 2. The highest BCUT2D eigenvalue weighted by Gasteiger charge is 2.54. The molecule has 4 heterocycles. The largest absolute Gasteiger partial charge is 0.376 e. The number of carbonyl (C=O) groups is 2. The van der Waals surface area contributed by atoms with Crippen molar-refractivity contribution in [3.63, 3.8) is 0 Å². The maximum atomic E-state index is 12.9. The molecule has 3 aromatic rings. The number of aryl methyl sites for hydroxylation is 1. The average molecular weight is 448 g/mol. The maximum absolute atomic E-state index is 12.9. The molecular weight excluding hydrogens is 422 g/mol. The van der Waals surface area contributed by atoms with Crippen molar-refractivity contribution < 1.29 is 9.59 Å². The molecule has 5 rings (SSSR count). The number of imidazole rings is 1. The Morgan fingerprint density at radius 2 is 2.12 bits per heavy atom. The number of likely N-dealkylation sites (tertiary alicyclic amines) is 1. The van der Waals surface area contributed by atoms with Crippen molar-refractivity contribution in [2.24, 2.45) is 24.1 Å². The van der Waals surface area contributed by atoms with Crippen LogP contribution < -0.4 is 11.1 Å². The van der Waals surface area contributed by atoms with E-state index in [2.05, 4.69) is 33.5 Å². The molecule has 2 aliphatic rings. The Hall–Kier alpha value is -3.94. The highest BCUT2D eigenvalue weighted by atomic mass is 16.2. The molecule has 3 aromatic heterocycles. The molecular formula is C22H25N9O2. The number of rotatable bonds is 6. The van der Waals surface area contributed by atoms with Crippen molar-refractivity contribution in [2.45, 2.75) is 32.2 Å². The number of aromatic nitrogens is 5. The summed E-state index contributed by atoms with van der Waals surface area (Å²) in [6.07, 6.45) is 7.07. The SMILES string of the molecule is CC[C@@H]1CN(C(=O)C2(C#N)CC2)C[C@H]1Nc1c(C(N)=O)cnn2cc(-c3ccn(C)n3)nc12. The van der Waals surface area contributed by atoms with E-state index in [1.807, 2.05) is 19.3 Å². The third-order valence-corrected chi connectivity index (χ3v) is 6.69. The van der Waals surface area contributed by atoms with E-state index >= 15 is 0 Å². The highest BCUT2D eigenvalue weighted by Crippen LogP contribution is 2.47. The van der Waals surface area contributed by atoms with Gasteiger partial charge in [-0.1, -0.05) is 6.92 Å². The Balaban J connectivity index is 1.49. The van der Waals surface area contributed by atoms with Crippen LogP contribution in [0.25, 0.3) is 17.0 Å². The van der Waals surface area contributed by atoms with Crippen LogP contribution in [-0.4, -0.2) is 60.2 Å². The smallest absolute Gasteiger partial charge is 0.252 e. The van der Waals surface area contributed by atoms with Gasteiger partial charge in [0.25, 0.3) is 5.91 Å². The number of nitrogens with two attached hydrogens (primary N) is 1. The lowest BCUT2D eigenvalue weighted by atomic mass is 10.0. The van der Waals surface area contributed by atoms with Gasteiger partial charge in [-0.3, -0.25) is 14.3 Å². The number of nitrogens with one attached hydrogen (secondary N) is 1. The van der Waals surface area contributed by atoms with Gasteiger partial charge in [0.05, 0.1) is 29.7 Å². The number of nitriles is 1. The zero-order chi connectivity index (χ0) is 23.3. The van der Waals surface area contributed by atoms with Crippen molar-refractivity contribution in [3.05, 3.63) is 30.2 Å². The fourth-order valence-electron chi connectivity index (χ4n) is 4.54. The molecule has 11 heteroatoms. The first-order valence-corrected chi connectivity index (χ1v) is 11.0. The third kappa shape index (κ3) is 3.47. The summed E-state index contributed by atoms with van der Waals surface area (Å²) >= 11 is 0. The molecule has 170 valence electrons. The second kappa shape index (κ2) is 7.58. The molecule has 11 nitrogen and oxygen atoms in total. The molecule has 2 fully saturated rings. The fourth-order valence-corrected chi connectivity index (χ4v) is 4.54. The van der Waals surface area contributed by atoms with Gasteiger partial charge in [-0.05, 0) is 31.2 Å². The van der Waals surface area contributed by atoms with Crippen LogP contribution in [0.4, 0.5) is 5.69 Å². The van der Waals surface area contributed by atoms with Crippen LogP contribution >= 0.6 is 0 Å².